The molecule has 0 fully saturated rings. The van der Waals surface area contributed by atoms with Crippen LogP contribution < -0.4 is 4.74 Å². The minimum atomic E-state index is -0.700. The first-order valence-corrected chi connectivity index (χ1v) is 5.03. The molecule has 0 aliphatic heterocycles. The lowest BCUT2D eigenvalue weighted by Gasteiger charge is -2.05. The van der Waals surface area contributed by atoms with E-state index in [1.54, 1.807) is 0 Å². The van der Waals surface area contributed by atoms with E-state index in [1.165, 1.54) is 25.1 Å². The van der Waals surface area contributed by atoms with Crippen LogP contribution in [0.1, 0.15) is 6.92 Å². The van der Waals surface area contributed by atoms with E-state index in [1.807, 2.05) is 0 Å². The third-order valence-corrected chi connectivity index (χ3v) is 1.90. The summed E-state index contributed by atoms with van der Waals surface area (Å²) < 4.78 is 9.30. The van der Waals surface area contributed by atoms with Gasteiger partial charge in [0, 0.05) is 17.0 Å². The van der Waals surface area contributed by atoms with Gasteiger partial charge in [-0.3, -0.25) is 4.79 Å². The predicted molar refractivity (Wildman–Crippen MR) is 58.7 cm³/mol. The van der Waals surface area contributed by atoms with Gasteiger partial charge in [-0.15, -0.1) is 0 Å². The zero-order valence-corrected chi connectivity index (χ0v) is 9.84. The van der Waals surface area contributed by atoms with E-state index in [-0.39, 0.29) is 5.75 Å². The molecule has 0 N–H and O–H groups in total. The summed E-state index contributed by atoms with van der Waals surface area (Å²) in [5, 5.41) is 0.700. The standard InChI is InChI=1S/C10H8Cl2O4/c1-6(13)15-5-10(14)16-9-3-7(11)2-8(12)4-9/h2-4H,5H2,1H3. The molecule has 6 heteroatoms. The Labute approximate surface area is 102 Å². The van der Waals surface area contributed by atoms with E-state index in [0.717, 1.165) is 0 Å². The molecule has 0 aliphatic carbocycles. The van der Waals surface area contributed by atoms with E-state index >= 15 is 0 Å². The Morgan fingerprint density at radius 3 is 2.25 bits per heavy atom. The molecule has 1 aromatic rings. The van der Waals surface area contributed by atoms with Crippen LogP contribution >= 0.6 is 23.2 Å². The van der Waals surface area contributed by atoms with Crippen molar-refractivity contribution in [2.75, 3.05) is 6.61 Å². The maximum Gasteiger partial charge on any atom is 0.349 e. The molecule has 0 heterocycles. The highest BCUT2D eigenvalue weighted by molar-refractivity contribution is 6.34. The van der Waals surface area contributed by atoms with Crippen LogP contribution in [-0.4, -0.2) is 18.5 Å². The average Bonchev–Trinajstić information content (AvgIpc) is 2.12. The van der Waals surface area contributed by atoms with Gasteiger partial charge in [0.1, 0.15) is 5.75 Å². The second-order valence-corrected chi connectivity index (χ2v) is 3.73. The summed E-state index contributed by atoms with van der Waals surface area (Å²) in [6.45, 7) is 0.753. The van der Waals surface area contributed by atoms with Gasteiger partial charge in [-0.05, 0) is 18.2 Å². The Morgan fingerprint density at radius 2 is 1.75 bits per heavy atom. The highest BCUT2D eigenvalue weighted by atomic mass is 35.5. The first-order chi connectivity index (χ1) is 7.47. The Bertz CT molecular complexity index is 397. The van der Waals surface area contributed by atoms with Crippen LogP contribution in [0.15, 0.2) is 18.2 Å². The first kappa shape index (κ1) is 12.8. The summed E-state index contributed by atoms with van der Waals surface area (Å²) in [6, 6.07) is 4.37. The Kier molecular flexibility index (Phi) is 4.58. The van der Waals surface area contributed by atoms with Crippen molar-refractivity contribution >= 4 is 35.1 Å². The molecule has 0 saturated carbocycles. The molecule has 0 unspecified atom stereocenters. The molecule has 1 aromatic carbocycles. The summed E-state index contributed by atoms with van der Waals surface area (Å²) in [4.78, 5) is 21.6. The molecule has 1 rings (SSSR count). The van der Waals surface area contributed by atoms with E-state index in [4.69, 9.17) is 27.9 Å². The molecule has 0 radical (unpaired) electrons. The predicted octanol–water partition coefficient (Wildman–Crippen LogP) is 2.46. The highest BCUT2D eigenvalue weighted by Gasteiger charge is 2.08. The second kappa shape index (κ2) is 5.72. The van der Waals surface area contributed by atoms with Gasteiger partial charge in [0.15, 0.2) is 6.61 Å². The number of hydrogen-bond donors (Lipinski definition) is 0. The SMILES string of the molecule is CC(=O)OCC(=O)Oc1cc(Cl)cc(Cl)c1. The van der Waals surface area contributed by atoms with Crippen molar-refractivity contribution in [1.82, 2.24) is 0 Å². The maximum absolute atomic E-state index is 11.2. The minimum Gasteiger partial charge on any atom is -0.454 e. The highest BCUT2D eigenvalue weighted by Crippen LogP contribution is 2.24. The lowest BCUT2D eigenvalue weighted by Crippen LogP contribution is -2.17. The Balaban J connectivity index is 2.59. The van der Waals surface area contributed by atoms with Crippen molar-refractivity contribution in [3.05, 3.63) is 28.2 Å². The number of halogens is 2. The largest absolute Gasteiger partial charge is 0.454 e. The fourth-order valence-corrected chi connectivity index (χ4v) is 1.41. The Morgan fingerprint density at radius 1 is 1.19 bits per heavy atom. The molecular formula is C10H8Cl2O4. The van der Waals surface area contributed by atoms with Crippen LogP contribution in [0.2, 0.25) is 10.0 Å². The van der Waals surface area contributed by atoms with Crippen molar-refractivity contribution < 1.29 is 19.1 Å². The van der Waals surface area contributed by atoms with Crippen LogP contribution in [0.3, 0.4) is 0 Å². The molecule has 86 valence electrons. The molecule has 4 nitrogen and oxygen atoms in total. The number of hydrogen-bond acceptors (Lipinski definition) is 4. The molecule has 16 heavy (non-hydrogen) atoms. The van der Waals surface area contributed by atoms with E-state index < -0.39 is 18.5 Å². The fraction of sp³-hybridized carbons (Fsp3) is 0.200. The zero-order chi connectivity index (χ0) is 12.1. The van der Waals surface area contributed by atoms with Crippen molar-refractivity contribution in [2.45, 2.75) is 6.92 Å². The number of carbonyl (C=O) groups is 2. The molecule has 0 atom stereocenters. The van der Waals surface area contributed by atoms with Gasteiger partial charge in [0.05, 0.1) is 0 Å². The Hall–Kier alpha value is -1.26. The summed E-state index contributed by atoms with van der Waals surface area (Å²) in [5.74, 6) is -1.05. The molecule has 0 amide bonds. The van der Waals surface area contributed by atoms with E-state index in [0.29, 0.717) is 10.0 Å². The van der Waals surface area contributed by atoms with Crippen LogP contribution in [0.25, 0.3) is 0 Å². The summed E-state index contributed by atoms with van der Waals surface area (Å²) >= 11 is 11.4. The van der Waals surface area contributed by atoms with Crippen LogP contribution in [-0.2, 0) is 14.3 Å². The monoisotopic (exact) mass is 262 g/mol. The van der Waals surface area contributed by atoms with Gasteiger partial charge in [-0.1, -0.05) is 23.2 Å². The van der Waals surface area contributed by atoms with Gasteiger partial charge in [-0.25, -0.2) is 4.79 Å². The number of carbonyl (C=O) groups excluding carboxylic acids is 2. The minimum absolute atomic E-state index is 0.203. The van der Waals surface area contributed by atoms with Gasteiger partial charge in [0.25, 0.3) is 0 Å². The third-order valence-electron chi connectivity index (χ3n) is 1.46. The lowest BCUT2D eigenvalue weighted by atomic mass is 10.3. The molecule has 0 aliphatic rings. The van der Waals surface area contributed by atoms with Crippen LogP contribution in [0.5, 0.6) is 5.75 Å². The maximum atomic E-state index is 11.2. The van der Waals surface area contributed by atoms with Crippen molar-refractivity contribution in [2.24, 2.45) is 0 Å². The molecule has 0 spiro atoms. The molecule has 0 bridgehead atoms. The summed E-state index contributed by atoms with van der Waals surface area (Å²) in [5.41, 5.74) is 0. The normalized spacial score (nSPS) is 9.69. The quantitative estimate of drug-likeness (QED) is 0.620. The second-order valence-electron chi connectivity index (χ2n) is 2.86. The number of rotatable bonds is 3. The summed E-state index contributed by atoms with van der Waals surface area (Å²) in [7, 11) is 0. The van der Waals surface area contributed by atoms with Gasteiger partial charge < -0.3 is 9.47 Å². The zero-order valence-electron chi connectivity index (χ0n) is 8.33. The number of benzene rings is 1. The smallest absolute Gasteiger partial charge is 0.349 e. The number of esters is 2. The van der Waals surface area contributed by atoms with Crippen LogP contribution in [0, 0.1) is 0 Å². The fourth-order valence-electron chi connectivity index (χ4n) is 0.909. The van der Waals surface area contributed by atoms with Crippen molar-refractivity contribution in [3.63, 3.8) is 0 Å². The van der Waals surface area contributed by atoms with Gasteiger partial charge in [0.2, 0.25) is 0 Å². The van der Waals surface area contributed by atoms with Gasteiger partial charge >= 0.3 is 11.9 Å². The van der Waals surface area contributed by atoms with Crippen molar-refractivity contribution in [3.8, 4) is 5.75 Å². The summed E-state index contributed by atoms with van der Waals surface area (Å²) in [6.07, 6.45) is 0. The molecule has 0 saturated heterocycles. The number of ether oxygens (including phenoxy) is 2. The van der Waals surface area contributed by atoms with E-state index in [2.05, 4.69) is 4.74 Å². The van der Waals surface area contributed by atoms with E-state index in [9.17, 15) is 9.59 Å². The average molecular weight is 263 g/mol. The van der Waals surface area contributed by atoms with Gasteiger partial charge in [-0.2, -0.15) is 0 Å². The molecular weight excluding hydrogens is 255 g/mol. The topological polar surface area (TPSA) is 52.6 Å². The first-order valence-electron chi connectivity index (χ1n) is 4.27. The van der Waals surface area contributed by atoms with Crippen LogP contribution in [0.4, 0.5) is 0 Å². The molecule has 0 aromatic heterocycles. The third kappa shape index (κ3) is 4.51. The lowest BCUT2D eigenvalue weighted by molar-refractivity contribution is -0.152. The van der Waals surface area contributed by atoms with Crippen molar-refractivity contribution in [1.29, 1.82) is 0 Å².